The summed E-state index contributed by atoms with van der Waals surface area (Å²) in [6.45, 7) is 1.84. The first-order chi connectivity index (χ1) is 6.81. The van der Waals surface area contributed by atoms with Crippen molar-refractivity contribution in [3.63, 3.8) is 0 Å². The van der Waals surface area contributed by atoms with Gasteiger partial charge in [0.15, 0.2) is 0 Å². The van der Waals surface area contributed by atoms with Gasteiger partial charge in [-0.25, -0.2) is 0 Å². The smallest absolute Gasteiger partial charge is 0.224 e. The van der Waals surface area contributed by atoms with Crippen LogP contribution in [0.4, 0.5) is 5.69 Å². The maximum atomic E-state index is 11.2. The topological polar surface area (TPSA) is 44.9 Å². The van der Waals surface area contributed by atoms with Gasteiger partial charge in [-0.2, -0.15) is 0 Å². The minimum atomic E-state index is 0.0405. The van der Waals surface area contributed by atoms with Crippen molar-refractivity contribution in [2.45, 2.75) is 13.3 Å². The van der Waals surface area contributed by atoms with Crippen LogP contribution in [0.15, 0.2) is 30.5 Å². The van der Waals surface area contributed by atoms with E-state index in [2.05, 4.69) is 10.3 Å². The van der Waals surface area contributed by atoms with Crippen LogP contribution in [0, 0.1) is 0 Å². The molecular weight excluding hydrogens is 176 g/mol. The molecule has 3 nitrogen and oxygen atoms in total. The normalized spacial score (nSPS) is 10.4. The number of aromatic amines is 1. The molecule has 1 aromatic carbocycles. The van der Waals surface area contributed by atoms with Crippen molar-refractivity contribution in [1.82, 2.24) is 4.98 Å². The lowest BCUT2D eigenvalue weighted by atomic mass is 10.2. The van der Waals surface area contributed by atoms with Crippen LogP contribution in [0.25, 0.3) is 10.9 Å². The van der Waals surface area contributed by atoms with Crippen LogP contribution < -0.4 is 5.32 Å². The summed E-state index contributed by atoms with van der Waals surface area (Å²) in [4.78, 5) is 14.3. The zero-order chi connectivity index (χ0) is 9.97. The third-order valence-electron chi connectivity index (χ3n) is 2.19. The summed E-state index contributed by atoms with van der Waals surface area (Å²) in [6, 6.07) is 7.77. The van der Waals surface area contributed by atoms with E-state index in [1.165, 1.54) is 0 Å². The second-order valence-electron chi connectivity index (χ2n) is 3.15. The lowest BCUT2D eigenvalue weighted by Gasteiger charge is -2.04. The molecule has 0 saturated heterocycles. The van der Waals surface area contributed by atoms with Crippen molar-refractivity contribution in [2.75, 3.05) is 5.32 Å². The van der Waals surface area contributed by atoms with Crippen molar-refractivity contribution < 1.29 is 4.79 Å². The van der Waals surface area contributed by atoms with Crippen LogP contribution in [-0.2, 0) is 4.79 Å². The highest BCUT2D eigenvalue weighted by atomic mass is 16.1. The zero-order valence-corrected chi connectivity index (χ0v) is 8.00. The predicted octanol–water partition coefficient (Wildman–Crippen LogP) is 2.52. The number of aromatic nitrogens is 1. The monoisotopic (exact) mass is 188 g/mol. The summed E-state index contributed by atoms with van der Waals surface area (Å²) in [5, 5.41) is 3.91. The molecule has 0 aliphatic carbocycles. The molecule has 0 spiro atoms. The summed E-state index contributed by atoms with van der Waals surface area (Å²) < 4.78 is 0. The molecule has 1 aromatic heterocycles. The maximum absolute atomic E-state index is 11.2. The predicted molar refractivity (Wildman–Crippen MR) is 57.2 cm³/mol. The summed E-state index contributed by atoms with van der Waals surface area (Å²) >= 11 is 0. The number of rotatable bonds is 2. The molecule has 1 heterocycles. The molecule has 0 bridgehead atoms. The number of fused-ring (bicyclic) bond motifs is 1. The van der Waals surface area contributed by atoms with Crippen LogP contribution in [-0.4, -0.2) is 10.9 Å². The minimum Gasteiger partial charge on any atom is -0.361 e. The first-order valence-electron chi connectivity index (χ1n) is 4.67. The molecule has 1 amide bonds. The van der Waals surface area contributed by atoms with Crippen LogP contribution in [0.5, 0.6) is 0 Å². The molecule has 3 heteroatoms. The average Bonchev–Trinajstić information content (AvgIpc) is 2.66. The number of hydrogen-bond donors (Lipinski definition) is 2. The van der Waals surface area contributed by atoms with Gasteiger partial charge in [-0.15, -0.1) is 0 Å². The second-order valence-corrected chi connectivity index (χ2v) is 3.15. The zero-order valence-electron chi connectivity index (χ0n) is 8.00. The molecule has 0 aliphatic rings. The van der Waals surface area contributed by atoms with Crippen LogP contribution in [0.3, 0.4) is 0 Å². The van der Waals surface area contributed by atoms with E-state index in [1.807, 2.05) is 37.4 Å². The Morgan fingerprint density at radius 3 is 3.07 bits per heavy atom. The Labute approximate surface area is 82.1 Å². The first-order valence-corrected chi connectivity index (χ1v) is 4.67. The lowest BCUT2D eigenvalue weighted by Crippen LogP contribution is -2.09. The van der Waals surface area contributed by atoms with Gasteiger partial charge in [-0.05, 0) is 18.2 Å². The highest BCUT2D eigenvalue weighted by Crippen LogP contribution is 2.21. The SMILES string of the molecule is CCC(=O)Nc1cccc2[nH]ccc12. The van der Waals surface area contributed by atoms with Crippen molar-refractivity contribution in [1.29, 1.82) is 0 Å². The quantitative estimate of drug-likeness (QED) is 0.747. The van der Waals surface area contributed by atoms with Gasteiger partial charge in [0.2, 0.25) is 5.91 Å². The molecule has 0 atom stereocenters. The first kappa shape index (κ1) is 8.81. The molecule has 2 aromatic rings. The molecule has 14 heavy (non-hydrogen) atoms. The van der Waals surface area contributed by atoms with Gasteiger partial charge >= 0.3 is 0 Å². The van der Waals surface area contributed by atoms with Crippen molar-refractivity contribution in [3.8, 4) is 0 Å². The fraction of sp³-hybridized carbons (Fsp3) is 0.182. The van der Waals surface area contributed by atoms with Crippen molar-refractivity contribution in [2.24, 2.45) is 0 Å². The van der Waals surface area contributed by atoms with Crippen LogP contribution in [0.1, 0.15) is 13.3 Å². The summed E-state index contributed by atoms with van der Waals surface area (Å²) in [5.41, 5.74) is 1.91. The number of H-pyrrole nitrogens is 1. The number of carbonyl (C=O) groups excluding carboxylic acids is 1. The van der Waals surface area contributed by atoms with Gasteiger partial charge in [0, 0.05) is 23.5 Å². The van der Waals surface area contributed by atoms with E-state index in [4.69, 9.17) is 0 Å². The van der Waals surface area contributed by atoms with E-state index < -0.39 is 0 Å². The van der Waals surface area contributed by atoms with E-state index in [9.17, 15) is 4.79 Å². The molecule has 2 N–H and O–H groups in total. The maximum Gasteiger partial charge on any atom is 0.224 e. The Balaban J connectivity index is 2.41. The summed E-state index contributed by atoms with van der Waals surface area (Å²) in [5.74, 6) is 0.0405. The van der Waals surface area contributed by atoms with Crippen molar-refractivity contribution in [3.05, 3.63) is 30.5 Å². The third kappa shape index (κ3) is 1.48. The molecule has 0 radical (unpaired) electrons. The van der Waals surface area contributed by atoms with E-state index >= 15 is 0 Å². The Morgan fingerprint density at radius 1 is 1.43 bits per heavy atom. The Bertz CT molecular complexity index is 459. The molecule has 0 saturated carbocycles. The van der Waals surface area contributed by atoms with E-state index in [0.717, 1.165) is 16.6 Å². The fourth-order valence-electron chi connectivity index (χ4n) is 1.43. The second kappa shape index (κ2) is 3.54. The van der Waals surface area contributed by atoms with Crippen LogP contribution in [0.2, 0.25) is 0 Å². The number of carbonyl (C=O) groups is 1. The van der Waals surface area contributed by atoms with Crippen LogP contribution >= 0.6 is 0 Å². The van der Waals surface area contributed by atoms with E-state index in [1.54, 1.807) is 0 Å². The average molecular weight is 188 g/mol. The Morgan fingerprint density at radius 2 is 2.29 bits per heavy atom. The minimum absolute atomic E-state index is 0.0405. The van der Waals surface area contributed by atoms with Gasteiger partial charge in [0.25, 0.3) is 0 Å². The lowest BCUT2D eigenvalue weighted by molar-refractivity contribution is -0.115. The molecular formula is C11H12N2O. The summed E-state index contributed by atoms with van der Waals surface area (Å²) in [6.07, 6.45) is 2.37. The molecule has 0 aliphatic heterocycles. The van der Waals surface area contributed by atoms with Gasteiger partial charge in [0.1, 0.15) is 0 Å². The van der Waals surface area contributed by atoms with Gasteiger partial charge in [-0.1, -0.05) is 13.0 Å². The number of hydrogen-bond acceptors (Lipinski definition) is 1. The number of benzene rings is 1. The Kier molecular flexibility index (Phi) is 2.23. The molecule has 0 unspecified atom stereocenters. The third-order valence-corrected chi connectivity index (χ3v) is 2.19. The van der Waals surface area contributed by atoms with Gasteiger partial charge in [-0.3, -0.25) is 4.79 Å². The molecule has 0 fully saturated rings. The molecule has 2 rings (SSSR count). The number of amides is 1. The van der Waals surface area contributed by atoms with Crippen molar-refractivity contribution >= 4 is 22.5 Å². The standard InChI is InChI=1S/C11H12N2O/c1-2-11(14)13-10-5-3-4-9-8(10)6-7-12-9/h3-7,12H,2H2,1H3,(H,13,14). The Hall–Kier alpha value is -1.77. The van der Waals surface area contributed by atoms with E-state index in [0.29, 0.717) is 6.42 Å². The van der Waals surface area contributed by atoms with Gasteiger partial charge < -0.3 is 10.3 Å². The summed E-state index contributed by atoms with van der Waals surface area (Å²) in [7, 11) is 0. The van der Waals surface area contributed by atoms with Gasteiger partial charge in [0.05, 0.1) is 5.69 Å². The van der Waals surface area contributed by atoms with E-state index in [-0.39, 0.29) is 5.91 Å². The largest absolute Gasteiger partial charge is 0.361 e. The fourth-order valence-corrected chi connectivity index (χ4v) is 1.43. The number of nitrogens with one attached hydrogen (secondary N) is 2. The molecule has 72 valence electrons. The highest BCUT2D eigenvalue weighted by molar-refractivity contribution is 6.01. The highest BCUT2D eigenvalue weighted by Gasteiger charge is 2.03. The number of anilines is 1.